The number of hydrogen-bond acceptors (Lipinski definition) is 2. The zero-order valence-electron chi connectivity index (χ0n) is 13.1. The molecule has 0 aromatic rings. The van der Waals surface area contributed by atoms with Gasteiger partial charge in [0.15, 0.2) is 5.11 Å². The van der Waals surface area contributed by atoms with Crippen molar-refractivity contribution in [1.82, 2.24) is 10.2 Å². The SMILES string of the molecule is CC(NC(=S)N1CCOCC1)C12CC3CC(CC(C3)C1)C2. The fourth-order valence-corrected chi connectivity index (χ4v) is 6.26. The van der Waals surface area contributed by atoms with Gasteiger partial charge in [0.25, 0.3) is 0 Å². The highest BCUT2D eigenvalue weighted by Gasteiger charge is 2.53. The highest BCUT2D eigenvalue weighted by Crippen LogP contribution is 2.61. The summed E-state index contributed by atoms with van der Waals surface area (Å²) in [7, 11) is 0. The van der Waals surface area contributed by atoms with Crippen LogP contribution >= 0.6 is 12.2 Å². The Hall–Kier alpha value is -0.350. The summed E-state index contributed by atoms with van der Waals surface area (Å²) in [4.78, 5) is 2.29. The Morgan fingerprint density at radius 2 is 1.62 bits per heavy atom. The smallest absolute Gasteiger partial charge is 0.169 e. The van der Waals surface area contributed by atoms with Gasteiger partial charge in [0, 0.05) is 19.1 Å². The largest absolute Gasteiger partial charge is 0.378 e. The number of morpholine rings is 1. The zero-order chi connectivity index (χ0) is 14.4. The Balaban J connectivity index is 1.42. The summed E-state index contributed by atoms with van der Waals surface area (Å²) < 4.78 is 5.43. The summed E-state index contributed by atoms with van der Waals surface area (Å²) in [6.07, 6.45) is 8.87. The third-order valence-corrected chi connectivity index (χ3v) is 7.02. The average molecular weight is 308 g/mol. The van der Waals surface area contributed by atoms with E-state index in [-0.39, 0.29) is 0 Å². The molecule has 1 saturated heterocycles. The Bertz CT molecular complexity index is 384. The zero-order valence-corrected chi connectivity index (χ0v) is 14.0. The number of nitrogens with one attached hydrogen (secondary N) is 1. The fraction of sp³-hybridized carbons (Fsp3) is 0.941. The molecule has 0 radical (unpaired) electrons. The number of hydrogen-bond donors (Lipinski definition) is 1. The fourth-order valence-electron chi connectivity index (χ4n) is 5.90. The van der Waals surface area contributed by atoms with Crippen LogP contribution < -0.4 is 5.32 Å². The van der Waals surface area contributed by atoms with E-state index >= 15 is 0 Å². The van der Waals surface area contributed by atoms with E-state index in [0.717, 1.165) is 49.2 Å². The lowest BCUT2D eigenvalue weighted by atomic mass is 9.48. The quantitative estimate of drug-likeness (QED) is 0.793. The highest BCUT2D eigenvalue weighted by atomic mass is 32.1. The van der Waals surface area contributed by atoms with Crippen LogP contribution in [-0.2, 0) is 4.74 Å². The first-order chi connectivity index (χ1) is 10.1. The van der Waals surface area contributed by atoms with Gasteiger partial charge in [-0.3, -0.25) is 0 Å². The monoisotopic (exact) mass is 308 g/mol. The van der Waals surface area contributed by atoms with Gasteiger partial charge in [-0.2, -0.15) is 0 Å². The predicted molar refractivity (Wildman–Crippen MR) is 88.2 cm³/mol. The molecule has 1 aliphatic heterocycles. The third kappa shape index (κ3) is 2.59. The van der Waals surface area contributed by atoms with Crippen LogP contribution in [0.2, 0.25) is 0 Å². The standard InChI is InChI=1S/C17H28N2OS/c1-12(18-16(21)19-2-4-20-5-3-19)17-9-13-6-14(10-17)8-15(7-13)11-17/h12-15H,2-11H2,1H3,(H,18,21). The molecule has 0 aromatic carbocycles. The minimum atomic E-state index is 0.529. The van der Waals surface area contributed by atoms with E-state index < -0.39 is 0 Å². The van der Waals surface area contributed by atoms with E-state index in [4.69, 9.17) is 17.0 Å². The van der Waals surface area contributed by atoms with Crippen LogP contribution in [0.4, 0.5) is 0 Å². The lowest BCUT2D eigenvalue weighted by molar-refractivity contribution is -0.0677. The molecule has 4 bridgehead atoms. The van der Waals surface area contributed by atoms with Crippen molar-refractivity contribution in [3.63, 3.8) is 0 Å². The lowest BCUT2D eigenvalue weighted by Crippen LogP contribution is -2.58. The van der Waals surface area contributed by atoms with E-state index in [2.05, 4.69) is 17.1 Å². The number of ether oxygens (including phenoxy) is 1. The second-order valence-electron chi connectivity index (χ2n) is 8.05. The Morgan fingerprint density at radius 3 is 2.14 bits per heavy atom. The van der Waals surface area contributed by atoms with Gasteiger partial charge in [-0.25, -0.2) is 0 Å². The summed E-state index contributed by atoms with van der Waals surface area (Å²) in [6, 6.07) is 0.529. The summed E-state index contributed by atoms with van der Waals surface area (Å²) >= 11 is 5.66. The normalized spacial score (nSPS) is 42.9. The second kappa shape index (κ2) is 5.38. The van der Waals surface area contributed by atoms with Gasteiger partial charge in [-0.05, 0) is 80.8 Å². The van der Waals surface area contributed by atoms with Crippen molar-refractivity contribution >= 4 is 17.3 Å². The maximum absolute atomic E-state index is 5.66. The van der Waals surface area contributed by atoms with E-state index in [9.17, 15) is 0 Å². The molecule has 0 amide bonds. The second-order valence-corrected chi connectivity index (χ2v) is 8.44. The van der Waals surface area contributed by atoms with Gasteiger partial charge >= 0.3 is 0 Å². The first-order valence-electron chi connectivity index (χ1n) is 8.78. The van der Waals surface area contributed by atoms with Crippen molar-refractivity contribution in [3.8, 4) is 0 Å². The Morgan fingerprint density at radius 1 is 1.10 bits per heavy atom. The van der Waals surface area contributed by atoms with E-state index in [1.54, 1.807) is 0 Å². The number of thiocarbonyl (C=S) groups is 1. The minimum Gasteiger partial charge on any atom is -0.378 e. The van der Waals surface area contributed by atoms with Gasteiger partial charge < -0.3 is 15.0 Å². The van der Waals surface area contributed by atoms with Crippen LogP contribution in [0.3, 0.4) is 0 Å². The Labute approximate surface area is 133 Å². The molecule has 5 fully saturated rings. The van der Waals surface area contributed by atoms with Crippen LogP contribution in [0.25, 0.3) is 0 Å². The molecular formula is C17H28N2OS. The topological polar surface area (TPSA) is 24.5 Å². The lowest BCUT2D eigenvalue weighted by Gasteiger charge is -2.59. The summed E-state index contributed by atoms with van der Waals surface area (Å²) in [5.74, 6) is 3.03. The molecule has 4 aliphatic carbocycles. The molecule has 118 valence electrons. The summed E-state index contributed by atoms with van der Waals surface area (Å²) in [5.41, 5.74) is 0.533. The van der Waals surface area contributed by atoms with Gasteiger partial charge in [-0.1, -0.05) is 0 Å². The molecular weight excluding hydrogens is 280 g/mol. The van der Waals surface area contributed by atoms with Gasteiger partial charge in [0.1, 0.15) is 0 Å². The molecule has 3 nitrogen and oxygen atoms in total. The van der Waals surface area contributed by atoms with Crippen molar-refractivity contribution in [2.45, 2.75) is 51.5 Å². The third-order valence-electron chi connectivity index (χ3n) is 6.64. The molecule has 1 unspecified atom stereocenters. The van der Waals surface area contributed by atoms with Crippen LogP contribution in [0.15, 0.2) is 0 Å². The molecule has 5 aliphatic rings. The highest BCUT2D eigenvalue weighted by molar-refractivity contribution is 7.80. The average Bonchev–Trinajstić information content (AvgIpc) is 2.46. The van der Waals surface area contributed by atoms with Crippen LogP contribution in [0.5, 0.6) is 0 Å². The van der Waals surface area contributed by atoms with Crippen LogP contribution in [0.1, 0.15) is 45.4 Å². The van der Waals surface area contributed by atoms with Crippen LogP contribution in [-0.4, -0.2) is 42.4 Å². The first kappa shape index (κ1) is 14.3. The molecule has 0 spiro atoms. The molecule has 4 saturated carbocycles. The van der Waals surface area contributed by atoms with Crippen LogP contribution in [0, 0.1) is 23.2 Å². The molecule has 0 aromatic heterocycles. The molecule has 1 heterocycles. The number of rotatable bonds is 2. The van der Waals surface area contributed by atoms with Crippen molar-refractivity contribution in [3.05, 3.63) is 0 Å². The first-order valence-corrected chi connectivity index (χ1v) is 9.19. The maximum Gasteiger partial charge on any atom is 0.169 e. The predicted octanol–water partition coefficient (Wildman–Crippen LogP) is 2.80. The number of nitrogens with zero attached hydrogens (tertiary/aromatic N) is 1. The molecule has 1 atom stereocenters. The molecule has 1 N–H and O–H groups in total. The van der Waals surface area contributed by atoms with Crippen molar-refractivity contribution in [2.24, 2.45) is 23.2 Å². The summed E-state index contributed by atoms with van der Waals surface area (Å²) in [6.45, 7) is 5.90. The van der Waals surface area contributed by atoms with E-state index in [1.165, 1.54) is 38.5 Å². The van der Waals surface area contributed by atoms with Crippen molar-refractivity contribution in [2.75, 3.05) is 26.3 Å². The van der Waals surface area contributed by atoms with E-state index in [1.807, 2.05) is 0 Å². The van der Waals surface area contributed by atoms with Gasteiger partial charge in [0.05, 0.1) is 13.2 Å². The molecule has 4 heteroatoms. The van der Waals surface area contributed by atoms with Crippen molar-refractivity contribution < 1.29 is 4.74 Å². The van der Waals surface area contributed by atoms with Gasteiger partial charge in [-0.15, -0.1) is 0 Å². The van der Waals surface area contributed by atoms with Crippen molar-refractivity contribution in [1.29, 1.82) is 0 Å². The summed E-state index contributed by atoms with van der Waals surface area (Å²) in [5, 5.41) is 4.67. The minimum absolute atomic E-state index is 0.529. The molecule has 21 heavy (non-hydrogen) atoms. The Kier molecular flexibility index (Phi) is 3.65. The maximum atomic E-state index is 5.66. The molecule has 5 rings (SSSR count). The van der Waals surface area contributed by atoms with E-state index in [0.29, 0.717) is 11.5 Å². The van der Waals surface area contributed by atoms with Gasteiger partial charge in [0.2, 0.25) is 0 Å².